The molecule has 1 heterocycles. The first kappa shape index (κ1) is 23.2. The normalized spacial score (nSPS) is 16.5. The number of fused-ring (bicyclic) bond motifs is 2. The van der Waals surface area contributed by atoms with Crippen molar-refractivity contribution in [2.24, 2.45) is 10.3 Å². The zero-order chi connectivity index (χ0) is 22.4. The first-order valence-corrected chi connectivity index (χ1v) is 10.1. The van der Waals surface area contributed by atoms with Crippen LogP contribution in [0.3, 0.4) is 0 Å². The molecule has 172 valence electrons. The zero-order valence-corrected chi connectivity index (χ0v) is 17.5. The molecule has 10 nitrogen and oxygen atoms in total. The van der Waals surface area contributed by atoms with E-state index in [1.165, 1.54) is 12.4 Å². The van der Waals surface area contributed by atoms with Crippen molar-refractivity contribution in [2.45, 2.75) is 0 Å². The van der Waals surface area contributed by atoms with Crippen LogP contribution < -0.4 is 18.9 Å². The van der Waals surface area contributed by atoms with Gasteiger partial charge in [-0.3, -0.25) is 0 Å². The molecule has 32 heavy (non-hydrogen) atoms. The third-order valence-electron chi connectivity index (χ3n) is 4.29. The fourth-order valence-corrected chi connectivity index (χ4v) is 2.85. The second-order valence-corrected chi connectivity index (χ2v) is 6.52. The van der Waals surface area contributed by atoms with Crippen molar-refractivity contribution < 1.29 is 38.8 Å². The van der Waals surface area contributed by atoms with E-state index in [4.69, 9.17) is 38.8 Å². The van der Waals surface area contributed by atoms with E-state index in [2.05, 4.69) is 10.3 Å². The minimum atomic E-state index is 0.302. The molecule has 0 atom stereocenters. The summed E-state index contributed by atoms with van der Waals surface area (Å²) in [6.07, 6.45) is 2.62. The largest absolute Gasteiger partial charge is 0.487 e. The second-order valence-electron chi connectivity index (χ2n) is 6.52. The van der Waals surface area contributed by atoms with Crippen LogP contribution in [0.5, 0.6) is 23.0 Å². The molecule has 0 aliphatic carbocycles. The average Bonchev–Trinajstić information content (AvgIpc) is 2.80. The first-order valence-electron chi connectivity index (χ1n) is 10.1. The van der Waals surface area contributed by atoms with E-state index in [1.807, 2.05) is 0 Å². The molecule has 10 heteroatoms. The number of hydrogen-bond acceptors (Lipinski definition) is 10. The van der Waals surface area contributed by atoms with E-state index in [1.54, 1.807) is 36.4 Å². The van der Waals surface area contributed by atoms with E-state index in [0.717, 1.165) is 0 Å². The number of rotatable bonds is 2. The Morgan fingerprint density at radius 2 is 0.906 bits per heavy atom. The molecule has 2 aromatic carbocycles. The number of ether oxygens (including phenoxy) is 6. The summed E-state index contributed by atoms with van der Waals surface area (Å²) in [5, 5.41) is 23.6. The standard InChI is InChI=1S/C22H26N2O8/c25-23-15-17-1-3-19-21(13-17)31-11-7-28-6-10-30-20-4-2-18(16-24-26)14-22(20)32-12-8-27-5-9-29-19/h1-4,13-16,25-26H,5-12H2/b23-15+,24-16+. The molecule has 0 saturated heterocycles. The Bertz CT molecular complexity index is 830. The van der Waals surface area contributed by atoms with Gasteiger partial charge in [-0.05, 0) is 36.4 Å². The second kappa shape index (κ2) is 13.0. The highest BCUT2D eigenvalue weighted by Crippen LogP contribution is 2.29. The summed E-state index contributed by atoms with van der Waals surface area (Å²) in [5.74, 6) is 2.14. The molecule has 2 N–H and O–H groups in total. The van der Waals surface area contributed by atoms with Gasteiger partial charge in [-0.2, -0.15) is 0 Å². The van der Waals surface area contributed by atoms with E-state index < -0.39 is 0 Å². The summed E-state index contributed by atoms with van der Waals surface area (Å²) in [5.41, 5.74) is 1.35. The van der Waals surface area contributed by atoms with Crippen LogP contribution in [-0.2, 0) is 9.47 Å². The highest BCUT2D eigenvalue weighted by Gasteiger charge is 2.09. The predicted molar refractivity (Wildman–Crippen MR) is 115 cm³/mol. The third-order valence-corrected chi connectivity index (χ3v) is 4.29. The van der Waals surface area contributed by atoms with E-state index >= 15 is 0 Å². The van der Waals surface area contributed by atoms with Crippen LogP contribution in [0.4, 0.5) is 0 Å². The molecule has 2 aromatic rings. The first-order chi connectivity index (χ1) is 15.8. The van der Waals surface area contributed by atoms with Crippen molar-refractivity contribution in [1.29, 1.82) is 0 Å². The maximum atomic E-state index is 8.75. The van der Waals surface area contributed by atoms with Crippen LogP contribution in [0.25, 0.3) is 0 Å². The lowest BCUT2D eigenvalue weighted by Crippen LogP contribution is -2.15. The van der Waals surface area contributed by atoms with Crippen molar-refractivity contribution >= 4 is 12.4 Å². The monoisotopic (exact) mass is 446 g/mol. The molecule has 0 amide bonds. The molecule has 0 radical (unpaired) electrons. The average molecular weight is 446 g/mol. The van der Waals surface area contributed by atoms with Gasteiger partial charge in [-0.25, -0.2) is 0 Å². The van der Waals surface area contributed by atoms with Crippen LogP contribution in [0.2, 0.25) is 0 Å². The smallest absolute Gasteiger partial charge is 0.161 e. The van der Waals surface area contributed by atoms with Gasteiger partial charge in [0, 0.05) is 11.1 Å². The number of nitrogens with zero attached hydrogens (tertiary/aromatic N) is 2. The Kier molecular flexibility index (Phi) is 9.43. The Labute approximate surface area is 185 Å². The molecule has 0 saturated carbocycles. The van der Waals surface area contributed by atoms with Crippen molar-refractivity contribution in [3.63, 3.8) is 0 Å². The minimum absolute atomic E-state index is 0.302. The van der Waals surface area contributed by atoms with Crippen molar-refractivity contribution in [3.05, 3.63) is 47.5 Å². The maximum absolute atomic E-state index is 8.75. The molecule has 0 unspecified atom stereocenters. The lowest BCUT2D eigenvalue weighted by atomic mass is 10.2. The fourth-order valence-electron chi connectivity index (χ4n) is 2.85. The molecule has 0 fully saturated rings. The van der Waals surface area contributed by atoms with Gasteiger partial charge in [0.25, 0.3) is 0 Å². The summed E-state index contributed by atoms with van der Waals surface area (Å²) in [7, 11) is 0. The van der Waals surface area contributed by atoms with Gasteiger partial charge < -0.3 is 38.8 Å². The van der Waals surface area contributed by atoms with Gasteiger partial charge in [0.05, 0.1) is 38.9 Å². The zero-order valence-electron chi connectivity index (χ0n) is 17.5. The number of oxime groups is 2. The van der Waals surface area contributed by atoms with Gasteiger partial charge >= 0.3 is 0 Å². The Balaban J connectivity index is 1.63. The van der Waals surface area contributed by atoms with Crippen LogP contribution in [-0.4, -0.2) is 75.7 Å². The van der Waals surface area contributed by atoms with Gasteiger partial charge in [-0.15, -0.1) is 0 Å². The molecule has 3 rings (SSSR count). The van der Waals surface area contributed by atoms with Crippen LogP contribution in [0.15, 0.2) is 46.7 Å². The predicted octanol–water partition coefficient (Wildman–Crippen LogP) is 2.57. The number of hydrogen-bond donors (Lipinski definition) is 2. The van der Waals surface area contributed by atoms with E-state index in [-0.39, 0.29) is 0 Å². The van der Waals surface area contributed by atoms with Crippen LogP contribution >= 0.6 is 0 Å². The molecule has 0 aromatic heterocycles. The molecular weight excluding hydrogens is 420 g/mol. The van der Waals surface area contributed by atoms with Crippen molar-refractivity contribution in [1.82, 2.24) is 0 Å². The van der Waals surface area contributed by atoms with Crippen molar-refractivity contribution in [2.75, 3.05) is 52.9 Å². The van der Waals surface area contributed by atoms with E-state index in [9.17, 15) is 0 Å². The lowest BCUT2D eigenvalue weighted by molar-refractivity contribution is 0.0640. The summed E-state index contributed by atoms with van der Waals surface area (Å²) >= 11 is 0. The minimum Gasteiger partial charge on any atom is -0.487 e. The lowest BCUT2D eigenvalue weighted by Gasteiger charge is -2.16. The summed E-state index contributed by atoms with van der Waals surface area (Å²) in [6.45, 7) is 2.64. The molecule has 1 aliphatic heterocycles. The molecule has 0 bridgehead atoms. The van der Waals surface area contributed by atoms with Crippen molar-refractivity contribution in [3.8, 4) is 23.0 Å². The third kappa shape index (κ3) is 7.33. The Morgan fingerprint density at radius 3 is 1.28 bits per heavy atom. The topological polar surface area (TPSA) is 121 Å². The Hall–Kier alpha value is -3.50. The fraction of sp³-hybridized carbons (Fsp3) is 0.364. The van der Waals surface area contributed by atoms with Gasteiger partial charge in [0.2, 0.25) is 0 Å². The highest BCUT2D eigenvalue weighted by atomic mass is 16.6. The molecular formula is C22H26N2O8. The molecule has 0 spiro atoms. The number of benzene rings is 2. The summed E-state index contributed by atoms with van der Waals surface area (Å²) in [6, 6.07) is 10.4. The SMILES string of the molecule is O/N=C/c1ccc2c(c1)OCCOCCOc1ccc(/C=N/O)cc1OCCOCCO2. The molecule has 1 aliphatic rings. The van der Waals surface area contributed by atoms with Crippen LogP contribution in [0, 0.1) is 0 Å². The van der Waals surface area contributed by atoms with Gasteiger partial charge in [0.1, 0.15) is 26.4 Å². The van der Waals surface area contributed by atoms with Crippen LogP contribution in [0.1, 0.15) is 11.1 Å². The summed E-state index contributed by atoms with van der Waals surface area (Å²) in [4.78, 5) is 0. The summed E-state index contributed by atoms with van der Waals surface area (Å²) < 4.78 is 34.3. The Morgan fingerprint density at radius 1 is 0.531 bits per heavy atom. The van der Waals surface area contributed by atoms with Gasteiger partial charge in [-0.1, -0.05) is 10.3 Å². The van der Waals surface area contributed by atoms with E-state index in [0.29, 0.717) is 87.0 Å². The quantitative estimate of drug-likeness (QED) is 0.410. The van der Waals surface area contributed by atoms with Gasteiger partial charge in [0.15, 0.2) is 23.0 Å². The maximum Gasteiger partial charge on any atom is 0.161 e. The highest BCUT2D eigenvalue weighted by molar-refractivity contribution is 5.80.